The van der Waals surface area contributed by atoms with Crippen molar-refractivity contribution in [1.82, 2.24) is 1.33 Å². The van der Waals surface area contributed by atoms with E-state index in [9.17, 15) is 15.0 Å². The van der Waals surface area contributed by atoms with E-state index in [0.717, 1.165) is 5.56 Å². The zero-order chi connectivity index (χ0) is 16.1. The highest BCUT2D eigenvalue weighted by Crippen LogP contribution is 2.25. The van der Waals surface area contributed by atoms with Gasteiger partial charge in [0, 0.05) is 52.1 Å². The number of phenolic OH excluding ortho intramolecular Hbond substituents is 1. The Labute approximate surface area is 155 Å². The molecule has 0 amide bonds. The first-order valence-electron chi connectivity index (χ1n) is 6.35. The molecule has 0 aromatic heterocycles. The van der Waals surface area contributed by atoms with Crippen LogP contribution in [0, 0.1) is 0 Å². The van der Waals surface area contributed by atoms with E-state index in [2.05, 4.69) is 0 Å². The molecule has 2 rings (SSSR count). The number of carbonyl (C=O) groups is 1. The molecule has 0 aliphatic heterocycles. The molecule has 0 fully saturated rings. The third kappa shape index (κ3) is 4.99. The maximum Gasteiger partial charge on any atom is 0.322 e. The van der Waals surface area contributed by atoms with Gasteiger partial charge in [-0.3, -0.25) is 4.79 Å². The number of nitrogens with zero attached hydrogens (tertiary/aromatic N) is 1. The lowest BCUT2D eigenvalue weighted by molar-refractivity contribution is -0.139. The molecule has 1 atom stereocenters. The fourth-order valence-corrected chi connectivity index (χ4v) is 2.68. The second-order valence-electron chi connectivity index (χ2n) is 4.56. The molecule has 0 unspecified atom stereocenters. The number of ether oxygens (including phenoxy) is 1. The molecular weight excluding hydrogens is 512 g/mol. The van der Waals surface area contributed by atoms with Gasteiger partial charge in [0.05, 0.1) is 0 Å². The summed E-state index contributed by atoms with van der Waals surface area (Å²) < 4.78 is 7.27. The van der Waals surface area contributed by atoms with Crippen LogP contribution in [0.3, 0.4) is 0 Å². The molecule has 2 N–H and O–H groups in total. The molecule has 0 saturated carbocycles. The summed E-state index contributed by atoms with van der Waals surface area (Å²) in [6, 6.07) is 13.2. The molecule has 0 heterocycles. The molecular formula is C15H13I2NO4. The lowest BCUT2D eigenvalue weighted by Gasteiger charge is -2.16. The predicted molar refractivity (Wildman–Crippen MR) is 99.6 cm³/mol. The second-order valence-corrected chi connectivity index (χ2v) is 8.48. The quantitative estimate of drug-likeness (QED) is 0.438. The SMILES string of the molecule is O=C(O)[C@@H](Cc1ccc(Oc2ccc(O)cc2)cc1)N(I)I. The molecule has 22 heavy (non-hydrogen) atoms. The van der Waals surface area contributed by atoms with Crippen LogP contribution in [0.15, 0.2) is 48.5 Å². The van der Waals surface area contributed by atoms with Crippen LogP contribution < -0.4 is 4.74 Å². The van der Waals surface area contributed by atoms with Gasteiger partial charge in [0.2, 0.25) is 0 Å². The number of aliphatic carboxylic acids is 1. The molecule has 0 saturated heterocycles. The molecule has 2 aromatic rings. The summed E-state index contributed by atoms with van der Waals surface area (Å²) in [4.78, 5) is 11.2. The summed E-state index contributed by atoms with van der Waals surface area (Å²) in [5.41, 5.74) is 0.920. The Morgan fingerprint density at radius 1 is 1.05 bits per heavy atom. The summed E-state index contributed by atoms with van der Waals surface area (Å²) >= 11 is 3.93. The van der Waals surface area contributed by atoms with Crippen molar-refractivity contribution in [3.63, 3.8) is 0 Å². The first kappa shape index (κ1) is 17.3. The summed E-state index contributed by atoms with van der Waals surface area (Å²) in [6.45, 7) is 0. The molecule has 5 nitrogen and oxygen atoms in total. The van der Waals surface area contributed by atoms with Gasteiger partial charge in [0.25, 0.3) is 0 Å². The number of phenols is 1. The number of halogens is 2. The van der Waals surface area contributed by atoms with Crippen molar-refractivity contribution in [1.29, 1.82) is 0 Å². The Bertz CT molecular complexity index is 629. The number of hydrogen-bond donors (Lipinski definition) is 2. The van der Waals surface area contributed by atoms with E-state index in [1.165, 1.54) is 0 Å². The van der Waals surface area contributed by atoms with Crippen LogP contribution >= 0.6 is 45.7 Å². The highest BCUT2D eigenvalue weighted by atomic mass is 127. The number of carboxylic acids is 1. The number of benzene rings is 2. The molecule has 0 spiro atoms. The van der Waals surface area contributed by atoms with E-state index in [-0.39, 0.29) is 5.75 Å². The average Bonchev–Trinajstić information content (AvgIpc) is 2.48. The van der Waals surface area contributed by atoms with Gasteiger partial charge in [-0.05, 0) is 42.0 Å². The fourth-order valence-electron chi connectivity index (χ4n) is 1.81. The summed E-state index contributed by atoms with van der Waals surface area (Å²) in [7, 11) is 0. The van der Waals surface area contributed by atoms with E-state index in [1.807, 2.05) is 57.9 Å². The Morgan fingerprint density at radius 2 is 1.55 bits per heavy atom. The van der Waals surface area contributed by atoms with Gasteiger partial charge >= 0.3 is 5.97 Å². The van der Waals surface area contributed by atoms with Crippen molar-refractivity contribution in [2.75, 3.05) is 0 Å². The first-order chi connectivity index (χ1) is 10.5. The van der Waals surface area contributed by atoms with Crippen LogP contribution in [0.5, 0.6) is 17.2 Å². The maximum absolute atomic E-state index is 11.2. The van der Waals surface area contributed by atoms with Crippen LogP contribution in [-0.2, 0) is 11.2 Å². The first-order valence-corrected chi connectivity index (χ1v) is 8.28. The maximum atomic E-state index is 11.2. The third-order valence-electron chi connectivity index (χ3n) is 2.95. The minimum absolute atomic E-state index is 0.185. The van der Waals surface area contributed by atoms with Crippen molar-refractivity contribution in [2.45, 2.75) is 12.5 Å². The van der Waals surface area contributed by atoms with Gasteiger partial charge in [-0.2, -0.15) is 1.33 Å². The van der Waals surface area contributed by atoms with E-state index in [0.29, 0.717) is 17.9 Å². The summed E-state index contributed by atoms with van der Waals surface area (Å²) in [5.74, 6) is 0.611. The van der Waals surface area contributed by atoms with Gasteiger partial charge < -0.3 is 14.9 Å². The highest BCUT2D eigenvalue weighted by Gasteiger charge is 2.22. The number of hydrogen-bond acceptors (Lipinski definition) is 4. The number of aromatic hydroxyl groups is 1. The van der Waals surface area contributed by atoms with Crippen molar-refractivity contribution in [3.8, 4) is 17.2 Å². The second kappa shape index (κ2) is 7.97. The van der Waals surface area contributed by atoms with Gasteiger partial charge in [-0.1, -0.05) is 12.1 Å². The smallest absolute Gasteiger partial charge is 0.322 e. The standard InChI is InChI=1S/C15H13I2NO4/c16-18(17)14(15(20)21)9-10-1-5-12(6-2-10)22-13-7-3-11(19)4-8-13/h1-8,14,19H,9H2,(H,20,21)/t14-/m1/s1. The molecule has 0 bridgehead atoms. The predicted octanol–water partition coefficient (Wildman–Crippen LogP) is 4.18. The molecule has 116 valence electrons. The monoisotopic (exact) mass is 525 g/mol. The van der Waals surface area contributed by atoms with Gasteiger partial charge in [-0.15, -0.1) is 0 Å². The Morgan fingerprint density at radius 3 is 2.00 bits per heavy atom. The molecule has 0 radical (unpaired) electrons. The normalized spacial score (nSPS) is 12.1. The average molecular weight is 525 g/mol. The highest BCUT2D eigenvalue weighted by molar-refractivity contribution is 14.2. The molecule has 0 aliphatic rings. The van der Waals surface area contributed by atoms with Crippen molar-refractivity contribution in [3.05, 3.63) is 54.1 Å². The lowest BCUT2D eigenvalue weighted by atomic mass is 10.1. The molecule has 2 aromatic carbocycles. The lowest BCUT2D eigenvalue weighted by Crippen LogP contribution is -2.30. The zero-order valence-corrected chi connectivity index (χ0v) is 15.6. The Balaban J connectivity index is 2.03. The Kier molecular flexibility index (Phi) is 6.26. The topological polar surface area (TPSA) is 70.0 Å². The minimum Gasteiger partial charge on any atom is -0.508 e. The van der Waals surface area contributed by atoms with Crippen LogP contribution in [0.4, 0.5) is 0 Å². The van der Waals surface area contributed by atoms with E-state index >= 15 is 0 Å². The molecule has 0 aliphatic carbocycles. The van der Waals surface area contributed by atoms with Crippen molar-refractivity contribution < 1.29 is 19.7 Å². The van der Waals surface area contributed by atoms with Gasteiger partial charge in [0.1, 0.15) is 23.3 Å². The summed E-state index contributed by atoms with van der Waals surface area (Å²) in [6.07, 6.45) is 0.417. The fraction of sp³-hybridized carbons (Fsp3) is 0.133. The van der Waals surface area contributed by atoms with Crippen molar-refractivity contribution >= 4 is 51.7 Å². The van der Waals surface area contributed by atoms with Gasteiger partial charge in [-0.25, -0.2) is 0 Å². The number of carboxylic acid groups (broad SMARTS) is 1. The van der Waals surface area contributed by atoms with E-state index in [4.69, 9.17) is 4.74 Å². The summed E-state index contributed by atoms with van der Waals surface area (Å²) in [5, 5.41) is 18.4. The van der Waals surface area contributed by atoms with Gasteiger partial charge in [0.15, 0.2) is 0 Å². The van der Waals surface area contributed by atoms with Crippen LogP contribution in [0.2, 0.25) is 0 Å². The Hall–Kier alpha value is -1.07. The van der Waals surface area contributed by atoms with E-state index in [1.54, 1.807) is 37.7 Å². The number of rotatable bonds is 6. The minimum atomic E-state index is -0.854. The molecule has 7 heteroatoms. The van der Waals surface area contributed by atoms with Crippen LogP contribution in [0.25, 0.3) is 0 Å². The zero-order valence-electron chi connectivity index (χ0n) is 11.3. The van der Waals surface area contributed by atoms with Crippen LogP contribution in [0.1, 0.15) is 5.56 Å². The largest absolute Gasteiger partial charge is 0.508 e. The third-order valence-corrected chi connectivity index (χ3v) is 4.29. The van der Waals surface area contributed by atoms with Crippen LogP contribution in [-0.4, -0.2) is 23.6 Å². The van der Waals surface area contributed by atoms with Crippen molar-refractivity contribution in [2.24, 2.45) is 0 Å². The van der Waals surface area contributed by atoms with E-state index < -0.39 is 12.0 Å².